The summed E-state index contributed by atoms with van der Waals surface area (Å²) in [6.07, 6.45) is 4.93. The zero-order chi connectivity index (χ0) is 18.1. The van der Waals surface area contributed by atoms with E-state index < -0.39 is 35.5 Å². The molecule has 3 aliphatic rings. The molecule has 3 rings (SSSR count). The van der Waals surface area contributed by atoms with Gasteiger partial charge in [-0.05, 0) is 6.42 Å². The molecule has 0 aromatic carbocycles. The second kappa shape index (κ2) is 7.21. The molecule has 0 N–H and O–H groups in total. The third kappa shape index (κ3) is 3.06. The number of hydrogen-bond acceptors (Lipinski definition) is 7. The Kier molecular flexibility index (Phi) is 5.37. The van der Waals surface area contributed by atoms with Crippen LogP contribution in [-0.4, -0.2) is 55.9 Å². The Morgan fingerprint density at radius 1 is 1.28 bits per heavy atom. The van der Waals surface area contributed by atoms with E-state index in [1.54, 1.807) is 7.11 Å². The van der Waals surface area contributed by atoms with Crippen LogP contribution in [-0.2, 0) is 33.3 Å². The van der Waals surface area contributed by atoms with Crippen molar-refractivity contribution in [2.45, 2.75) is 76.0 Å². The van der Waals surface area contributed by atoms with Crippen LogP contribution in [0.1, 0.15) is 52.4 Å². The van der Waals surface area contributed by atoms with Crippen molar-refractivity contribution in [3.63, 3.8) is 0 Å². The van der Waals surface area contributed by atoms with Crippen molar-refractivity contribution in [3.8, 4) is 0 Å². The molecule has 142 valence electrons. The first-order valence-corrected chi connectivity index (χ1v) is 9.20. The van der Waals surface area contributed by atoms with Crippen LogP contribution in [0.15, 0.2) is 0 Å². The zero-order valence-corrected chi connectivity index (χ0v) is 15.2. The summed E-state index contributed by atoms with van der Waals surface area (Å²) in [5, 5.41) is 0. The molecule has 3 fully saturated rings. The minimum atomic E-state index is -1.08. The van der Waals surface area contributed by atoms with Crippen molar-refractivity contribution in [3.05, 3.63) is 0 Å². The molecular weight excluding hydrogens is 328 g/mol. The molecule has 7 nitrogen and oxygen atoms in total. The van der Waals surface area contributed by atoms with E-state index in [0.717, 1.165) is 19.3 Å². The Labute approximate surface area is 148 Å². The maximum Gasteiger partial charge on any atom is 0.317 e. The number of methoxy groups -OCH3 is 1. The van der Waals surface area contributed by atoms with Gasteiger partial charge in [-0.1, -0.05) is 32.6 Å². The molecule has 0 aliphatic carbocycles. The van der Waals surface area contributed by atoms with Crippen molar-refractivity contribution >= 4 is 11.9 Å². The Morgan fingerprint density at radius 2 is 2.04 bits per heavy atom. The van der Waals surface area contributed by atoms with Gasteiger partial charge < -0.3 is 23.7 Å². The smallest absolute Gasteiger partial charge is 0.317 e. The summed E-state index contributed by atoms with van der Waals surface area (Å²) in [5.74, 6) is -2.49. The highest BCUT2D eigenvalue weighted by Crippen LogP contribution is 2.56. The van der Waals surface area contributed by atoms with Gasteiger partial charge in [-0.3, -0.25) is 9.59 Å². The molecule has 0 bridgehead atoms. The van der Waals surface area contributed by atoms with Gasteiger partial charge in [0.15, 0.2) is 17.5 Å². The largest absolute Gasteiger partial charge is 0.462 e. The van der Waals surface area contributed by atoms with Gasteiger partial charge in [-0.15, -0.1) is 0 Å². The van der Waals surface area contributed by atoms with Crippen molar-refractivity contribution in [1.29, 1.82) is 0 Å². The van der Waals surface area contributed by atoms with Crippen LogP contribution in [0.2, 0.25) is 0 Å². The molecule has 0 radical (unpaired) electrons. The Hall–Kier alpha value is -1.18. The summed E-state index contributed by atoms with van der Waals surface area (Å²) in [7, 11) is 1.55. The minimum absolute atomic E-state index is 0.111. The Balaban J connectivity index is 1.78. The van der Waals surface area contributed by atoms with Gasteiger partial charge in [0.2, 0.25) is 0 Å². The van der Waals surface area contributed by atoms with E-state index in [9.17, 15) is 9.59 Å². The fraction of sp³-hybridized carbons (Fsp3) is 0.889. The Bertz CT molecular complexity index is 522. The van der Waals surface area contributed by atoms with Crippen LogP contribution in [0.3, 0.4) is 0 Å². The molecule has 0 saturated carbocycles. The fourth-order valence-electron chi connectivity index (χ4n) is 4.41. The van der Waals surface area contributed by atoms with E-state index >= 15 is 0 Å². The fourth-order valence-corrected chi connectivity index (χ4v) is 4.41. The lowest BCUT2D eigenvalue weighted by molar-refractivity contribution is -0.249. The monoisotopic (exact) mass is 356 g/mol. The van der Waals surface area contributed by atoms with Gasteiger partial charge in [-0.2, -0.15) is 0 Å². The average molecular weight is 356 g/mol. The molecule has 7 heteroatoms. The zero-order valence-electron chi connectivity index (χ0n) is 15.2. The summed E-state index contributed by atoms with van der Waals surface area (Å²) in [6.45, 7) is 3.83. The number of cyclic esters (lactones) is 1. The van der Waals surface area contributed by atoms with Gasteiger partial charge in [0.25, 0.3) is 0 Å². The highest BCUT2D eigenvalue weighted by molar-refractivity contribution is 5.79. The highest BCUT2D eigenvalue weighted by atomic mass is 16.7. The number of rotatable bonds is 8. The maximum absolute atomic E-state index is 12.5. The average Bonchev–Trinajstić information content (AvgIpc) is 3.17. The molecule has 0 unspecified atom stereocenters. The number of carbonyl (C=O) groups excluding carboxylic acids is 2. The molecule has 0 amide bonds. The van der Waals surface area contributed by atoms with Gasteiger partial charge in [0.1, 0.15) is 18.6 Å². The molecule has 3 aliphatic heterocycles. The molecule has 0 aromatic rings. The number of unbranched alkanes of at least 4 members (excludes halogenated alkanes) is 4. The van der Waals surface area contributed by atoms with E-state index in [1.165, 1.54) is 19.8 Å². The highest BCUT2D eigenvalue weighted by Gasteiger charge is 2.76. The van der Waals surface area contributed by atoms with Gasteiger partial charge >= 0.3 is 11.9 Å². The minimum Gasteiger partial charge on any atom is -0.462 e. The predicted molar refractivity (Wildman–Crippen MR) is 86.7 cm³/mol. The summed E-state index contributed by atoms with van der Waals surface area (Å²) in [4.78, 5) is 23.8. The van der Waals surface area contributed by atoms with Crippen LogP contribution in [0.4, 0.5) is 0 Å². The predicted octanol–water partition coefficient (Wildman–Crippen LogP) is 1.96. The summed E-state index contributed by atoms with van der Waals surface area (Å²) in [5.41, 5.74) is -0.920. The molecular formula is C18H28O7. The van der Waals surface area contributed by atoms with E-state index in [-0.39, 0.29) is 19.2 Å². The van der Waals surface area contributed by atoms with Gasteiger partial charge in [-0.25, -0.2) is 0 Å². The normalized spacial score (nSPS) is 39.2. The lowest BCUT2D eigenvalue weighted by atomic mass is 9.81. The third-order valence-electron chi connectivity index (χ3n) is 5.56. The van der Waals surface area contributed by atoms with E-state index in [4.69, 9.17) is 23.7 Å². The van der Waals surface area contributed by atoms with Gasteiger partial charge in [0.05, 0.1) is 6.61 Å². The van der Waals surface area contributed by atoms with Crippen LogP contribution < -0.4 is 0 Å². The second-order valence-corrected chi connectivity index (χ2v) is 7.17. The van der Waals surface area contributed by atoms with E-state index in [2.05, 4.69) is 6.92 Å². The van der Waals surface area contributed by atoms with Crippen molar-refractivity contribution in [2.75, 3.05) is 20.3 Å². The molecule has 0 aromatic heterocycles. The quantitative estimate of drug-likeness (QED) is 0.486. The lowest BCUT2D eigenvalue weighted by Gasteiger charge is -2.32. The first-order valence-electron chi connectivity index (χ1n) is 9.20. The first kappa shape index (κ1) is 18.6. The van der Waals surface area contributed by atoms with Crippen molar-refractivity contribution < 1.29 is 33.3 Å². The molecule has 1 spiro atoms. The van der Waals surface area contributed by atoms with Gasteiger partial charge in [0, 0.05) is 20.5 Å². The standard InChI is InChI=1S/C18H28O7/c1-4-5-6-7-8-9-18(21-3)14-16(20)22-11-17(14)15(25-18)13(10-23-17)24-12(2)19/h13-15H,4-11H2,1-3H3/t13-,14+,15+,17+,18-/m1/s1. The van der Waals surface area contributed by atoms with E-state index in [0.29, 0.717) is 6.42 Å². The topological polar surface area (TPSA) is 80.3 Å². The number of carbonyl (C=O) groups is 2. The molecule has 25 heavy (non-hydrogen) atoms. The van der Waals surface area contributed by atoms with Crippen LogP contribution in [0.5, 0.6) is 0 Å². The maximum atomic E-state index is 12.5. The van der Waals surface area contributed by atoms with Crippen LogP contribution in [0, 0.1) is 5.92 Å². The van der Waals surface area contributed by atoms with Crippen LogP contribution in [0.25, 0.3) is 0 Å². The third-order valence-corrected chi connectivity index (χ3v) is 5.56. The summed E-state index contributed by atoms with van der Waals surface area (Å²) >= 11 is 0. The number of ether oxygens (including phenoxy) is 5. The summed E-state index contributed by atoms with van der Waals surface area (Å²) < 4.78 is 28.6. The molecule has 3 heterocycles. The second-order valence-electron chi connectivity index (χ2n) is 7.17. The SMILES string of the molecule is CCCCCCC[C@@]1(OC)O[C@H]2[C@H](OC(C)=O)CO[C@]23COC(=O)[C@H]13. The first-order chi connectivity index (χ1) is 12.0. The van der Waals surface area contributed by atoms with E-state index in [1.807, 2.05) is 0 Å². The number of hydrogen-bond donors (Lipinski definition) is 0. The van der Waals surface area contributed by atoms with Crippen molar-refractivity contribution in [2.24, 2.45) is 5.92 Å². The molecule has 3 saturated heterocycles. The van der Waals surface area contributed by atoms with Crippen LogP contribution >= 0.6 is 0 Å². The van der Waals surface area contributed by atoms with Crippen molar-refractivity contribution in [1.82, 2.24) is 0 Å². The molecule has 5 atom stereocenters. The summed E-state index contributed by atoms with van der Waals surface area (Å²) in [6, 6.07) is 0. The number of esters is 2. The lowest BCUT2D eigenvalue weighted by Crippen LogP contribution is -2.48. The Morgan fingerprint density at radius 3 is 2.72 bits per heavy atom.